The fraction of sp³-hybridized carbons (Fsp3) is 0.182. The number of benzene rings is 1. The minimum atomic E-state index is 0.227. The average molecular weight is 205 g/mol. The molecular weight excluding hydrogens is 194 g/mol. The van der Waals surface area contributed by atoms with E-state index in [2.05, 4.69) is 0 Å². The van der Waals surface area contributed by atoms with E-state index in [1.807, 2.05) is 24.3 Å². The molecule has 0 radical (unpaired) electrons. The van der Waals surface area contributed by atoms with Crippen molar-refractivity contribution in [2.75, 3.05) is 14.2 Å². The number of aromatic nitrogens is 1. The van der Waals surface area contributed by atoms with Gasteiger partial charge in [0, 0.05) is 5.39 Å². The van der Waals surface area contributed by atoms with E-state index < -0.39 is 0 Å². The van der Waals surface area contributed by atoms with Gasteiger partial charge in [-0.25, -0.2) is 0 Å². The zero-order valence-electron chi connectivity index (χ0n) is 8.56. The Bertz CT molecular complexity index is 496. The molecule has 4 nitrogen and oxygen atoms in total. The summed E-state index contributed by atoms with van der Waals surface area (Å²) in [5.74, 6) is 0.482. The maximum atomic E-state index is 11.7. The summed E-state index contributed by atoms with van der Waals surface area (Å²) in [6.45, 7) is 0. The molecular formula is C11H11NO3. The molecule has 0 aliphatic rings. The van der Waals surface area contributed by atoms with E-state index >= 15 is 0 Å². The molecule has 4 heteroatoms. The van der Waals surface area contributed by atoms with Crippen LogP contribution in [0.5, 0.6) is 11.8 Å². The van der Waals surface area contributed by atoms with Crippen LogP contribution in [0.3, 0.4) is 0 Å². The lowest BCUT2D eigenvalue weighted by atomic mass is 10.2. The van der Waals surface area contributed by atoms with Crippen LogP contribution < -0.4 is 14.2 Å². The molecule has 0 saturated carbocycles. The van der Waals surface area contributed by atoms with E-state index in [9.17, 15) is 5.21 Å². The van der Waals surface area contributed by atoms with Crippen molar-refractivity contribution in [3.8, 4) is 11.8 Å². The van der Waals surface area contributed by atoms with Crippen LogP contribution in [0.15, 0.2) is 30.3 Å². The maximum Gasteiger partial charge on any atom is 0.390 e. The van der Waals surface area contributed by atoms with Gasteiger partial charge in [0.15, 0.2) is 0 Å². The molecule has 15 heavy (non-hydrogen) atoms. The third-order valence-corrected chi connectivity index (χ3v) is 2.26. The highest BCUT2D eigenvalue weighted by Gasteiger charge is 2.17. The number of fused-ring (bicyclic) bond motifs is 1. The largest absolute Gasteiger partial charge is 0.613 e. The number of pyridine rings is 1. The summed E-state index contributed by atoms with van der Waals surface area (Å²) in [7, 11) is 2.92. The Morgan fingerprint density at radius 3 is 2.53 bits per heavy atom. The van der Waals surface area contributed by atoms with Crippen molar-refractivity contribution in [1.82, 2.24) is 0 Å². The predicted molar refractivity (Wildman–Crippen MR) is 56.0 cm³/mol. The van der Waals surface area contributed by atoms with Crippen LogP contribution in [0, 0.1) is 5.21 Å². The highest BCUT2D eigenvalue weighted by atomic mass is 16.6. The Kier molecular flexibility index (Phi) is 2.33. The van der Waals surface area contributed by atoms with Gasteiger partial charge in [-0.1, -0.05) is 22.9 Å². The van der Waals surface area contributed by atoms with E-state index in [4.69, 9.17) is 9.47 Å². The van der Waals surface area contributed by atoms with Crippen LogP contribution in [0.25, 0.3) is 10.8 Å². The summed E-state index contributed by atoms with van der Waals surface area (Å²) >= 11 is 0. The topological polar surface area (TPSA) is 45.4 Å². The quantitative estimate of drug-likeness (QED) is 0.551. The van der Waals surface area contributed by atoms with Crippen LogP contribution in [-0.4, -0.2) is 14.2 Å². The van der Waals surface area contributed by atoms with Gasteiger partial charge in [0.1, 0.15) is 0 Å². The van der Waals surface area contributed by atoms with Gasteiger partial charge in [-0.15, -0.1) is 0 Å². The standard InChI is InChI=1S/C11H11NO3/c1-14-10-7-8-5-3-4-6-9(8)11(15-2)12(10)13/h3-7H,1-2H3. The Labute approximate surface area is 87.2 Å². The Morgan fingerprint density at radius 1 is 1.13 bits per heavy atom. The molecule has 0 aliphatic heterocycles. The number of ether oxygens (including phenoxy) is 2. The van der Waals surface area contributed by atoms with E-state index in [0.29, 0.717) is 4.73 Å². The SMILES string of the molecule is COc1cc2ccccc2c(OC)[n+]1[O-]. The van der Waals surface area contributed by atoms with Crippen LogP contribution in [-0.2, 0) is 0 Å². The monoisotopic (exact) mass is 205 g/mol. The second-order valence-electron chi connectivity index (χ2n) is 3.08. The van der Waals surface area contributed by atoms with Gasteiger partial charge in [-0.2, -0.15) is 0 Å². The van der Waals surface area contributed by atoms with Gasteiger partial charge in [0.2, 0.25) is 0 Å². The van der Waals surface area contributed by atoms with Crippen molar-refractivity contribution in [1.29, 1.82) is 0 Å². The second kappa shape index (κ2) is 3.65. The molecule has 0 atom stereocenters. The molecule has 0 saturated heterocycles. The van der Waals surface area contributed by atoms with Crippen molar-refractivity contribution in [3.63, 3.8) is 0 Å². The average Bonchev–Trinajstić information content (AvgIpc) is 2.28. The molecule has 78 valence electrons. The zero-order chi connectivity index (χ0) is 10.8. The fourth-order valence-corrected chi connectivity index (χ4v) is 1.55. The molecule has 0 aliphatic carbocycles. The Morgan fingerprint density at radius 2 is 1.87 bits per heavy atom. The first-order chi connectivity index (χ1) is 7.27. The first kappa shape index (κ1) is 9.58. The third kappa shape index (κ3) is 1.44. The number of rotatable bonds is 2. The van der Waals surface area contributed by atoms with Crippen LogP contribution in [0.2, 0.25) is 0 Å². The van der Waals surface area contributed by atoms with Crippen molar-refractivity contribution in [2.45, 2.75) is 0 Å². The maximum absolute atomic E-state index is 11.7. The van der Waals surface area contributed by atoms with E-state index in [1.54, 1.807) is 6.07 Å². The molecule has 1 aromatic heterocycles. The summed E-state index contributed by atoms with van der Waals surface area (Å²) in [5.41, 5.74) is 0. The number of methoxy groups -OCH3 is 2. The third-order valence-electron chi connectivity index (χ3n) is 2.26. The van der Waals surface area contributed by atoms with E-state index in [0.717, 1.165) is 10.8 Å². The molecule has 0 bridgehead atoms. The zero-order valence-corrected chi connectivity index (χ0v) is 8.56. The van der Waals surface area contributed by atoms with Gasteiger partial charge in [-0.05, 0) is 6.07 Å². The van der Waals surface area contributed by atoms with Crippen molar-refractivity contribution in [3.05, 3.63) is 35.5 Å². The fourth-order valence-electron chi connectivity index (χ4n) is 1.55. The van der Waals surface area contributed by atoms with Gasteiger partial charge in [-0.3, -0.25) is 0 Å². The molecule has 2 aromatic rings. The first-order valence-electron chi connectivity index (χ1n) is 4.51. The lowest BCUT2D eigenvalue weighted by Gasteiger charge is -2.09. The smallest absolute Gasteiger partial charge is 0.390 e. The lowest BCUT2D eigenvalue weighted by molar-refractivity contribution is -0.617. The number of hydrogen-bond acceptors (Lipinski definition) is 3. The molecule has 0 fully saturated rings. The van der Waals surface area contributed by atoms with E-state index in [-0.39, 0.29) is 11.8 Å². The minimum Gasteiger partial charge on any atom is -0.613 e. The van der Waals surface area contributed by atoms with Gasteiger partial charge in [0.25, 0.3) is 0 Å². The summed E-state index contributed by atoms with van der Waals surface area (Å²) in [6.07, 6.45) is 0. The summed E-state index contributed by atoms with van der Waals surface area (Å²) < 4.78 is 10.7. The van der Waals surface area contributed by atoms with Crippen molar-refractivity contribution < 1.29 is 14.2 Å². The predicted octanol–water partition coefficient (Wildman–Crippen LogP) is 1.49. The normalized spacial score (nSPS) is 10.3. The molecule has 1 heterocycles. The molecule has 0 unspecified atom stereocenters. The van der Waals surface area contributed by atoms with Gasteiger partial charge < -0.3 is 14.7 Å². The Hall–Kier alpha value is -1.97. The second-order valence-corrected chi connectivity index (χ2v) is 3.08. The molecule has 0 spiro atoms. The first-order valence-corrected chi connectivity index (χ1v) is 4.51. The highest BCUT2D eigenvalue weighted by Crippen LogP contribution is 2.24. The van der Waals surface area contributed by atoms with Gasteiger partial charge >= 0.3 is 11.8 Å². The summed E-state index contributed by atoms with van der Waals surface area (Å²) in [5, 5.41) is 13.4. The van der Waals surface area contributed by atoms with Gasteiger partial charge in [0.05, 0.1) is 25.7 Å². The molecule has 2 rings (SSSR count). The highest BCUT2D eigenvalue weighted by molar-refractivity contribution is 5.86. The molecule has 0 N–H and O–H groups in total. The molecule has 1 aromatic carbocycles. The Balaban J connectivity index is 2.83. The number of nitrogens with zero attached hydrogens (tertiary/aromatic N) is 1. The summed E-state index contributed by atoms with van der Waals surface area (Å²) in [6, 6.07) is 9.18. The van der Waals surface area contributed by atoms with Crippen molar-refractivity contribution in [2.24, 2.45) is 0 Å². The minimum absolute atomic E-state index is 0.227. The van der Waals surface area contributed by atoms with Crippen molar-refractivity contribution >= 4 is 10.8 Å². The van der Waals surface area contributed by atoms with Crippen LogP contribution >= 0.6 is 0 Å². The molecule has 0 amide bonds. The summed E-state index contributed by atoms with van der Waals surface area (Å²) in [4.78, 5) is 0. The lowest BCUT2D eigenvalue weighted by Crippen LogP contribution is -2.30. The van der Waals surface area contributed by atoms with E-state index in [1.165, 1.54) is 14.2 Å². The number of hydrogen-bond donors (Lipinski definition) is 0. The van der Waals surface area contributed by atoms with Crippen LogP contribution in [0.1, 0.15) is 0 Å². The van der Waals surface area contributed by atoms with Crippen LogP contribution in [0.4, 0.5) is 0 Å².